The number of aromatic nitrogens is 1. The molecule has 8 heteroatoms. The van der Waals surface area contributed by atoms with Gasteiger partial charge in [-0.15, -0.1) is 0 Å². The van der Waals surface area contributed by atoms with E-state index in [0.29, 0.717) is 0 Å². The van der Waals surface area contributed by atoms with E-state index < -0.39 is 24.5 Å². The average molecular weight is 248 g/mol. The number of carbonyl (C=O) groups excluding carboxylic acids is 1. The zero-order valence-corrected chi connectivity index (χ0v) is 8.28. The quantitative estimate of drug-likeness (QED) is 0.852. The summed E-state index contributed by atoms with van der Waals surface area (Å²) >= 11 is 0. The normalized spacial score (nSPS) is 11.0. The maximum atomic E-state index is 11.8. The van der Waals surface area contributed by atoms with Crippen molar-refractivity contribution in [3.8, 4) is 0 Å². The maximum Gasteiger partial charge on any atom is 0.397 e. The number of hydrogen-bond acceptors (Lipinski definition) is 3. The number of carbonyl (C=O) groups is 2. The first-order valence-electron chi connectivity index (χ1n) is 4.34. The highest BCUT2D eigenvalue weighted by Crippen LogP contribution is 2.20. The zero-order valence-electron chi connectivity index (χ0n) is 8.28. The molecule has 5 nitrogen and oxygen atoms in total. The first kappa shape index (κ1) is 12.9. The molecule has 1 heterocycles. The molecule has 1 aromatic heterocycles. The highest BCUT2D eigenvalue weighted by molar-refractivity contribution is 5.93. The van der Waals surface area contributed by atoms with Gasteiger partial charge in [-0.2, -0.15) is 13.2 Å². The lowest BCUT2D eigenvalue weighted by Crippen LogP contribution is -2.21. The van der Waals surface area contributed by atoms with Gasteiger partial charge in [0.15, 0.2) is 0 Å². The van der Waals surface area contributed by atoms with Crippen LogP contribution in [0.1, 0.15) is 16.9 Å². The number of carboxylic acids is 1. The first-order valence-corrected chi connectivity index (χ1v) is 4.34. The molecule has 0 unspecified atom stereocenters. The van der Waals surface area contributed by atoms with Crippen LogP contribution >= 0.6 is 0 Å². The van der Waals surface area contributed by atoms with Crippen LogP contribution in [0.3, 0.4) is 0 Å². The monoisotopic (exact) mass is 248 g/mol. The SMILES string of the molecule is O=C(CC(F)(F)F)Nc1ccnc(C(=O)O)c1. The molecule has 0 saturated carbocycles. The molecular formula is C9H7F3N2O3. The Balaban J connectivity index is 2.72. The molecule has 0 bridgehead atoms. The summed E-state index contributed by atoms with van der Waals surface area (Å²) in [7, 11) is 0. The number of alkyl halides is 3. The molecule has 0 saturated heterocycles. The van der Waals surface area contributed by atoms with Gasteiger partial charge in [0.1, 0.15) is 12.1 Å². The van der Waals surface area contributed by atoms with Gasteiger partial charge in [-0.1, -0.05) is 0 Å². The molecule has 2 N–H and O–H groups in total. The van der Waals surface area contributed by atoms with E-state index in [4.69, 9.17) is 5.11 Å². The number of hydrogen-bond donors (Lipinski definition) is 2. The first-order chi connectivity index (χ1) is 7.78. The second-order valence-electron chi connectivity index (χ2n) is 3.08. The molecule has 92 valence electrons. The predicted octanol–water partition coefficient (Wildman–Crippen LogP) is 1.67. The molecule has 0 atom stereocenters. The highest BCUT2D eigenvalue weighted by Gasteiger charge is 2.31. The van der Waals surface area contributed by atoms with E-state index in [2.05, 4.69) is 4.98 Å². The number of anilines is 1. The predicted molar refractivity (Wildman–Crippen MR) is 50.5 cm³/mol. The van der Waals surface area contributed by atoms with Gasteiger partial charge in [-0.05, 0) is 12.1 Å². The van der Waals surface area contributed by atoms with Crippen LogP contribution in [0.5, 0.6) is 0 Å². The number of amides is 1. The number of carboxylic acid groups (broad SMARTS) is 1. The zero-order chi connectivity index (χ0) is 13.1. The molecule has 0 radical (unpaired) electrons. The van der Waals surface area contributed by atoms with Crippen molar-refractivity contribution < 1.29 is 27.9 Å². The van der Waals surface area contributed by atoms with Crippen LogP contribution in [0.15, 0.2) is 18.3 Å². The van der Waals surface area contributed by atoms with Crippen LogP contribution in [-0.4, -0.2) is 28.1 Å². The van der Waals surface area contributed by atoms with Crippen molar-refractivity contribution in [3.63, 3.8) is 0 Å². The van der Waals surface area contributed by atoms with Crippen LogP contribution < -0.4 is 5.32 Å². The molecule has 0 aliphatic rings. The minimum Gasteiger partial charge on any atom is -0.477 e. The summed E-state index contributed by atoms with van der Waals surface area (Å²) in [5, 5.41) is 10.5. The van der Waals surface area contributed by atoms with Crippen LogP contribution in [-0.2, 0) is 4.79 Å². The van der Waals surface area contributed by atoms with Gasteiger partial charge in [0.05, 0.1) is 0 Å². The van der Waals surface area contributed by atoms with E-state index in [1.807, 2.05) is 5.32 Å². The maximum absolute atomic E-state index is 11.8. The standard InChI is InChI=1S/C9H7F3N2O3/c10-9(11,12)4-7(15)14-5-1-2-13-6(3-5)8(16)17/h1-3H,4H2,(H,16,17)(H,13,14,15). The Labute approximate surface area is 93.3 Å². The molecule has 1 rings (SSSR count). The van der Waals surface area contributed by atoms with Crippen LogP contribution in [0.2, 0.25) is 0 Å². The second-order valence-corrected chi connectivity index (χ2v) is 3.08. The van der Waals surface area contributed by atoms with E-state index in [1.165, 1.54) is 6.07 Å². The van der Waals surface area contributed by atoms with Crippen molar-refractivity contribution in [2.24, 2.45) is 0 Å². The minimum atomic E-state index is -4.60. The van der Waals surface area contributed by atoms with Gasteiger partial charge < -0.3 is 10.4 Å². The van der Waals surface area contributed by atoms with Crippen LogP contribution in [0.25, 0.3) is 0 Å². The van der Waals surface area contributed by atoms with Crippen LogP contribution in [0.4, 0.5) is 18.9 Å². The molecule has 0 spiro atoms. The van der Waals surface area contributed by atoms with E-state index in [1.54, 1.807) is 0 Å². The summed E-state index contributed by atoms with van der Waals surface area (Å²) < 4.78 is 35.5. The van der Waals surface area contributed by atoms with Gasteiger partial charge in [-0.3, -0.25) is 4.79 Å². The van der Waals surface area contributed by atoms with E-state index in [-0.39, 0.29) is 11.4 Å². The molecule has 0 aliphatic heterocycles. The number of nitrogens with zero attached hydrogens (tertiary/aromatic N) is 1. The number of pyridine rings is 1. The van der Waals surface area contributed by atoms with Gasteiger partial charge in [-0.25, -0.2) is 9.78 Å². The fourth-order valence-electron chi connectivity index (χ4n) is 1.01. The van der Waals surface area contributed by atoms with Crippen LogP contribution in [0, 0.1) is 0 Å². The van der Waals surface area contributed by atoms with Gasteiger partial charge in [0.2, 0.25) is 5.91 Å². The van der Waals surface area contributed by atoms with Gasteiger partial charge in [0, 0.05) is 11.9 Å². The van der Waals surface area contributed by atoms with Crippen molar-refractivity contribution in [1.29, 1.82) is 0 Å². The lowest BCUT2D eigenvalue weighted by molar-refractivity contribution is -0.150. The Morgan fingerprint density at radius 3 is 2.59 bits per heavy atom. The van der Waals surface area contributed by atoms with Crippen molar-refractivity contribution in [1.82, 2.24) is 4.98 Å². The van der Waals surface area contributed by atoms with E-state index in [0.717, 1.165) is 12.3 Å². The third-order valence-corrected chi connectivity index (χ3v) is 1.62. The summed E-state index contributed by atoms with van der Waals surface area (Å²) in [6, 6.07) is 2.16. The Hall–Kier alpha value is -2.12. The molecule has 1 amide bonds. The lowest BCUT2D eigenvalue weighted by Gasteiger charge is -2.07. The molecule has 1 aromatic rings. The van der Waals surface area contributed by atoms with Gasteiger partial charge in [0.25, 0.3) is 0 Å². The third-order valence-electron chi connectivity index (χ3n) is 1.62. The fraction of sp³-hybridized carbons (Fsp3) is 0.222. The molecule has 0 aliphatic carbocycles. The Morgan fingerprint density at radius 2 is 2.06 bits per heavy atom. The summed E-state index contributed by atoms with van der Waals surface area (Å²) in [6.07, 6.45) is -5.16. The Kier molecular flexibility index (Phi) is 3.66. The summed E-state index contributed by atoms with van der Waals surface area (Å²) in [4.78, 5) is 24.9. The fourth-order valence-corrected chi connectivity index (χ4v) is 1.01. The third kappa shape index (κ3) is 4.49. The molecule has 0 aromatic carbocycles. The number of halogens is 3. The van der Waals surface area contributed by atoms with E-state index >= 15 is 0 Å². The molecule has 0 fully saturated rings. The number of nitrogens with one attached hydrogen (secondary N) is 1. The number of aromatic carboxylic acids is 1. The highest BCUT2D eigenvalue weighted by atomic mass is 19.4. The summed E-state index contributed by atoms with van der Waals surface area (Å²) in [5.74, 6) is -2.60. The minimum absolute atomic E-state index is 0.0494. The molecular weight excluding hydrogens is 241 g/mol. The lowest BCUT2D eigenvalue weighted by atomic mass is 10.3. The Morgan fingerprint density at radius 1 is 1.41 bits per heavy atom. The average Bonchev–Trinajstić information content (AvgIpc) is 2.14. The smallest absolute Gasteiger partial charge is 0.397 e. The van der Waals surface area contributed by atoms with Crippen molar-refractivity contribution in [3.05, 3.63) is 24.0 Å². The van der Waals surface area contributed by atoms with Crippen molar-refractivity contribution in [2.45, 2.75) is 12.6 Å². The van der Waals surface area contributed by atoms with E-state index in [9.17, 15) is 22.8 Å². The topological polar surface area (TPSA) is 79.3 Å². The largest absolute Gasteiger partial charge is 0.477 e. The number of rotatable bonds is 3. The van der Waals surface area contributed by atoms with Gasteiger partial charge >= 0.3 is 12.1 Å². The van der Waals surface area contributed by atoms with Crippen molar-refractivity contribution in [2.75, 3.05) is 5.32 Å². The Bertz CT molecular complexity index is 445. The molecule has 17 heavy (non-hydrogen) atoms. The second kappa shape index (κ2) is 4.81. The van der Waals surface area contributed by atoms with Crippen molar-refractivity contribution >= 4 is 17.6 Å². The summed E-state index contributed by atoms with van der Waals surface area (Å²) in [5.41, 5.74) is -0.415. The summed E-state index contributed by atoms with van der Waals surface area (Å²) in [6.45, 7) is 0.